The lowest BCUT2D eigenvalue weighted by molar-refractivity contribution is 1.47. The van der Waals surface area contributed by atoms with Gasteiger partial charge in [0.2, 0.25) is 0 Å². The molecule has 0 N–H and O–H groups in total. The Balaban J connectivity index is 1.97. The Labute approximate surface area is 33.7 Å². The lowest BCUT2D eigenvalue weighted by atomic mass is 11.0. The van der Waals surface area contributed by atoms with Crippen LogP contribution in [0.3, 0.4) is 0 Å². The van der Waals surface area contributed by atoms with E-state index in [1.807, 2.05) is 0 Å². The second-order valence-electron chi connectivity index (χ2n) is 0.689. The minimum absolute atomic E-state index is 0.103. The summed E-state index contributed by atoms with van der Waals surface area (Å²) in [4.78, 5) is 0. The number of hydrogen-bond donors (Lipinski definition) is 0. The van der Waals surface area contributed by atoms with Crippen molar-refractivity contribution in [2.24, 2.45) is 0 Å². The van der Waals surface area contributed by atoms with Gasteiger partial charge in [0.1, 0.15) is 8.83 Å². The van der Waals surface area contributed by atoms with E-state index in [1.54, 1.807) is 0 Å². The predicted octanol–water partition coefficient (Wildman–Crippen LogP) is 0.747. The van der Waals surface area contributed by atoms with E-state index in [0.717, 1.165) is 0 Å². The average molecular weight is 94.6 g/mol. The van der Waals surface area contributed by atoms with Crippen molar-refractivity contribution < 1.29 is 0 Å². The molecule has 2 heteroatoms. The highest BCUT2D eigenvalue weighted by molar-refractivity contribution is 6.93. The van der Waals surface area contributed by atoms with E-state index in [9.17, 15) is 0 Å². The van der Waals surface area contributed by atoms with Crippen LogP contribution in [-0.4, -0.2) is 8.83 Å². The standard InChI is InChI=1S/C2H7ClSi/c1-2-4-3/h2,4H2,1H3. The zero-order valence-corrected chi connectivity index (χ0v) is 4.96. The highest BCUT2D eigenvalue weighted by atomic mass is 35.6. The number of halogens is 1. The minimum Gasteiger partial charge on any atom is -0.176 e. The largest absolute Gasteiger partial charge is 0.176 e. The maximum absolute atomic E-state index is 5.32. The van der Waals surface area contributed by atoms with Crippen LogP contribution in [-0.2, 0) is 0 Å². The van der Waals surface area contributed by atoms with Gasteiger partial charge in [-0.25, -0.2) is 0 Å². The summed E-state index contributed by atoms with van der Waals surface area (Å²) >= 11 is 5.32. The van der Waals surface area contributed by atoms with E-state index < -0.39 is 0 Å². The second kappa shape index (κ2) is 3.51. The quantitative estimate of drug-likeness (QED) is 0.332. The van der Waals surface area contributed by atoms with E-state index in [-0.39, 0.29) is 8.83 Å². The van der Waals surface area contributed by atoms with Crippen LogP contribution in [0.1, 0.15) is 6.92 Å². The van der Waals surface area contributed by atoms with Gasteiger partial charge in [0, 0.05) is 0 Å². The third-order valence-electron chi connectivity index (χ3n) is 0.189. The van der Waals surface area contributed by atoms with Gasteiger partial charge >= 0.3 is 0 Å². The van der Waals surface area contributed by atoms with Crippen molar-refractivity contribution in [1.29, 1.82) is 0 Å². The van der Waals surface area contributed by atoms with Gasteiger partial charge in [-0.2, -0.15) is 11.1 Å². The molecule has 0 saturated carbocycles. The lowest BCUT2D eigenvalue weighted by Gasteiger charge is -1.63. The molecule has 0 aliphatic heterocycles. The highest BCUT2D eigenvalue weighted by Gasteiger charge is 1.62. The van der Waals surface area contributed by atoms with Crippen LogP contribution in [0.2, 0.25) is 6.04 Å². The van der Waals surface area contributed by atoms with Crippen molar-refractivity contribution in [1.82, 2.24) is 0 Å². The molecule has 0 amide bonds. The van der Waals surface area contributed by atoms with Gasteiger partial charge in [0.05, 0.1) is 0 Å². The van der Waals surface area contributed by atoms with Gasteiger partial charge < -0.3 is 0 Å². The first-order valence-corrected chi connectivity index (χ1v) is 4.61. The Kier molecular flexibility index (Phi) is 3.95. The smallest absolute Gasteiger partial charge is 0.125 e. The second-order valence-corrected chi connectivity index (χ2v) is 3.20. The first-order valence-electron chi connectivity index (χ1n) is 1.47. The summed E-state index contributed by atoms with van der Waals surface area (Å²) in [5.74, 6) is 0. The topological polar surface area (TPSA) is 0 Å². The zero-order chi connectivity index (χ0) is 3.41. The van der Waals surface area contributed by atoms with Gasteiger partial charge in [0.25, 0.3) is 0 Å². The summed E-state index contributed by atoms with van der Waals surface area (Å²) in [5, 5.41) is 0. The van der Waals surface area contributed by atoms with Gasteiger partial charge in [0.15, 0.2) is 0 Å². The van der Waals surface area contributed by atoms with Crippen molar-refractivity contribution in [3.63, 3.8) is 0 Å². The molecule has 0 nitrogen and oxygen atoms in total. The number of hydrogen-bond acceptors (Lipinski definition) is 0. The normalized spacial score (nSPS) is 10.5. The Morgan fingerprint density at radius 2 is 2.25 bits per heavy atom. The maximum atomic E-state index is 5.32. The summed E-state index contributed by atoms with van der Waals surface area (Å²) in [6, 6.07) is 1.22. The molecular formula is C2H7ClSi. The molecule has 0 atom stereocenters. The van der Waals surface area contributed by atoms with Crippen LogP contribution < -0.4 is 0 Å². The Hall–Kier alpha value is 0.507. The van der Waals surface area contributed by atoms with Crippen LogP contribution >= 0.6 is 11.1 Å². The summed E-state index contributed by atoms with van der Waals surface area (Å²) < 4.78 is 0. The molecule has 4 heavy (non-hydrogen) atoms. The molecule has 0 spiro atoms. The van der Waals surface area contributed by atoms with Gasteiger partial charge in [-0.3, -0.25) is 0 Å². The average Bonchev–Trinajstić information content (AvgIpc) is 1.37. The third-order valence-corrected chi connectivity index (χ3v) is 1.70. The SMILES string of the molecule is CC[SiH2]Cl. The molecular weight excluding hydrogens is 87.6 g/mol. The Morgan fingerprint density at radius 1 is 2.00 bits per heavy atom. The first-order chi connectivity index (χ1) is 1.91. The highest BCUT2D eigenvalue weighted by Crippen LogP contribution is 1.73. The van der Waals surface area contributed by atoms with Gasteiger partial charge in [-0.05, 0) is 0 Å². The summed E-state index contributed by atoms with van der Waals surface area (Å²) in [6.07, 6.45) is 0. The third kappa shape index (κ3) is 2.51. The summed E-state index contributed by atoms with van der Waals surface area (Å²) in [6.45, 7) is 2.11. The molecule has 0 unspecified atom stereocenters. The van der Waals surface area contributed by atoms with Gasteiger partial charge in [-0.1, -0.05) is 13.0 Å². The first kappa shape index (κ1) is 4.51. The van der Waals surface area contributed by atoms with E-state index in [1.165, 1.54) is 6.04 Å². The molecule has 0 aromatic heterocycles. The van der Waals surface area contributed by atoms with Crippen LogP contribution in [0.15, 0.2) is 0 Å². The van der Waals surface area contributed by atoms with Crippen molar-refractivity contribution in [3.8, 4) is 0 Å². The van der Waals surface area contributed by atoms with Crippen molar-refractivity contribution in [2.75, 3.05) is 0 Å². The monoisotopic (exact) mass is 94.0 g/mol. The molecule has 0 rings (SSSR count). The van der Waals surface area contributed by atoms with Crippen molar-refractivity contribution >= 4 is 19.9 Å². The summed E-state index contributed by atoms with van der Waals surface area (Å²) in [7, 11) is -0.103. The Morgan fingerprint density at radius 3 is 2.25 bits per heavy atom. The lowest BCUT2D eigenvalue weighted by Crippen LogP contribution is -1.61. The van der Waals surface area contributed by atoms with Crippen LogP contribution in [0.4, 0.5) is 0 Å². The van der Waals surface area contributed by atoms with Gasteiger partial charge in [-0.15, -0.1) is 0 Å². The fourth-order valence-corrected chi connectivity index (χ4v) is 0. The van der Waals surface area contributed by atoms with Crippen LogP contribution in [0, 0.1) is 0 Å². The fourth-order valence-electron chi connectivity index (χ4n) is 0. The van der Waals surface area contributed by atoms with Crippen molar-refractivity contribution in [2.45, 2.75) is 13.0 Å². The number of rotatable bonds is 1. The van der Waals surface area contributed by atoms with E-state index in [4.69, 9.17) is 11.1 Å². The van der Waals surface area contributed by atoms with Crippen LogP contribution in [0.5, 0.6) is 0 Å². The molecule has 0 heterocycles. The van der Waals surface area contributed by atoms with E-state index in [2.05, 4.69) is 6.92 Å². The van der Waals surface area contributed by atoms with E-state index >= 15 is 0 Å². The molecule has 0 saturated heterocycles. The molecule has 0 radical (unpaired) electrons. The molecule has 0 aromatic carbocycles. The molecule has 0 aromatic rings. The van der Waals surface area contributed by atoms with Crippen molar-refractivity contribution in [3.05, 3.63) is 0 Å². The Bertz CT molecular complexity index is 8.00. The van der Waals surface area contributed by atoms with E-state index in [0.29, 0.717) is 0 Å². The summed E-state index contributed by atoms with van der Waals surface area (Å²) in [5.41, 5.74) is 0. The minimum atomic E-state index is -0.103. The molecule has 0 aliphatic rings. The molecule has 26 valence electrons. The van der Waals surface area contributed by atoms with Crippen LogP contribution in [0.25, 0.3) is 0 Å². The maximum Gasteiger partial charge on any atom is 0.125 e. The fraction of sp³-hybridized carbons (Fsp3) is 1.00. The zero-order valence-electron chi connectivity index (χ0n) is 2.79. The molecule has 0 aliphatic carbocycles. The molecule has 0 bridgehead atoms. The molecule has 0 fully saturated rings. The predicted molar refractivity (Wildman–Crippen MR) is 24.9 cm³/mol.